The third kappa shape index (κ3) is 3.72. The number of nitrogens with zero attached hydrogens (tertiary/aromatic N) is 3. The van der Waals surface area contributed by atoms with Gasteiger partial charge in [0.05, 0.1) is 0 Å². The van der Waals surface area contributed by atoms with Gasteiger partial charge in [0.1, 0.15) is 0 Å². The number of hydrogen-bond acceptors (Lipinski definition) is 3. The highest BCUT2D eigenvalue weighted by Crippen LogP contribution is 2.25. The molecule has 0 aromatic carbocycles. The molecule has 0 spiro atoms. The van der Waals surface area contributed by atoms with Crippen molar-refractivity contribution in [2.45, 2.75) is 33.1 Å². The SMILES string of the molecule is CCN(C)C[C@H]1CCN(S(=O)(=O)N2CCC[C@H](C)C2)C1. The first-order valence-electron chi connectivity index (χ1n) is 7.87. The second-order valence-corrected chi connectivity index (χ2v) is 8.41. The van der Waals surface area contributed by atoms with E-state index in [1.54, 1.807) is 8.61 Å². The Morgan fingerprint density at radius 3 is 2.50 bits per heavy atom. The van der Waals surface area contributed by atoms with Crippen LogP contribution in [0.4, 0.5) is 0 Å². The van der Waals surface area contributed by atoms with Gasteiger partial charge in [-0.05, 0) is 44.7 Å². The fraction of sp³-hybridized carbons (Fsp3) is 1.00. The summed E-state index contributed by atoms with van der Waals surface area (Å²) in [6.07, 6.45) is 3.14. The molecule has 2 fully saturated rings. The van der Waals surface area contributed by atoms with Crippen LogP contribution in [0.15, 0.2) is 0 Å². The predicted octanol–water partition coefficient (Wildman–Crippen LogP) is 1.24. The fourth-order valence-electron chi connectivity index (χ4n) is 3.24. The van der Waals surface area contributed by atoms with E-state index < -0.39 is 10.2 Å². The van der Waals surface area contributed by atoms with Crippen LogP contribution in [0, 0.1) is 11.8 Å². The number of rotatable bonds is 5. The van der Waals surface area contributed by atoms with Crippen molar-refractivity contribution in [1.82, 2.24) is 13.5 Å². The van der Waals surface area contributed by atoms with E-state index in [-0.39, 0.29) is 0 Å². The lowest BCUT2D eigenvalue weighted by Gasteiger charge is -2.33. The molecule has 2 saturated heterocycles. The molecule has 0 amide bonds. The first-order chi connectivity index (χ1) is 9.43. The highest BCUT2D eigenvalue weighted by molar-refractivity contribution is 7.86. The van der Waals surface area contributed by atoms with Crippen molar-refractivity contribution in [3.8, 4) is 0 Å². The van der Waals surface area contributed by atoms with Crippen molar-refractivity contribution in [3.05, 3.63) is 0 Å². The summed E-state index contributed by atoms with van der Waals surface area (Å²) in [4.78, 5) is 2.27. The van der Waals surface area contributed by atoms with Crippen LogP contribution in [0.3, 0.4) is 0 Å². The van der Waals surface area contributed by atoms with E-state index >= 15 is 0 Å². The van der Waals surface area contributed by atoms with Gasteiger partial charge in [-0.25, -0.2) is 0 Å². The molecule has 0 bridgehead atoms. The zero-order valence-electron chi connectivity index (χ0n) is 13.1. The molecule has 2 heterocycles. The molecule has 2 atom stereocenters. The molecule has 0 radical (unpaired) electrons. The van der Waals surface area contributed by atoms with Crippen LogP contribution in [0.25, 0.3) is 0 Å². The van der Waals surface area contributed by atoms with Crippen LogP contribution in [0.2, 0.25) is 0 Å². The Balaban J connectivity index is 1.94. The average molecular weight is 303 g/mol. The third-order valence-corrected chi connectivity index (χ3v) is 6.60. The maximum absolute atomic E-state index is 12.7. The molecule has 6 heteroatoms. The maximum atomic E-state index is 12.7. The van der Waals surface area contributed by atoms with Gasteiger partial charge >= 0.3 is 0 Å². The van der Waals surface area contributed by atoms with Gasteiger partial charge in [-0.3, -0.25) is 0 Å². The summed E-state index contributed by atoms with van der Waals surface area (Å²) >= 11 is 0. The molecule has 0 unspecified atom stereocenters. The standard InChI is InChI=1S/C14H29N3O2S/c1-4-15(3)11-14-7-9-17(12-14)20(18,19)16-8-5-6-13(2)10-16/h13-14H,4-12H2,1-3H3/t13-,14+/m0/s1. The van der Waals surface area contributed by atoms with Crippen LogP contribution < -0.4 is 0 Å². The van der Waals surface area contributed by atoms with E-state index in [0.717, 1.165) is 32.4 Å². The summed E-state index contributed by atoms with van der Waals surface area (Å²) in [7, 11) is -1.12. The molecule has 5 nitrogen and oxygen atoms in total. The lowest BCUT2D eigenvalue weighted by atomic mass is 10.0. The van der Waals surface area contributed by atoms with Crippen molar-refractivity contribution in [2.24, 2.45) is 11.8 Å². The highest BCUT2D eigenvalue weighted by atomic mass is 32.2. The molecule has 118 valence electrons. The van der Waals surface area contributed by atoms with E-state index in [2.05, 4.69) is 25.8 Å². The molecule has 0 aromatic heterocycles. The number of hydrogen-bond donors (Lipinski definition) is 0. The predicted molar refractivity (Wildman–Crippen MR) is 81.7 cm³/mol. The Bertz CT molecular complexity index is 413. The van der Waals surface area contributed by atoms with Crippen molar-refractivity contribution >= 4 is 10.2 Å². The van der Waals surface area contributed by atoms with E-state index in [0.29, 0.717) is 38.0 Å². The Morgan fingerprint density at radius 1 is 1.15 bits per heavy atom. The van der Waals surface area contributed by atoms with Gasteiger partial charge in [-0.1, -0.05) is 13.8 Å². The lowest BCUT2D eigenvalue weighted by Crippen LogP contribution is -2.47. The molecule has 0 saturated carbocycles. The van der Waals surface area contributed by atoms with Gasteiger partial charge < -0.3 is 4.90 Å². The minimum absolute atomic E-state index is 0.483. The summed E-state index contributed by atoms with van der Waals surface area (Å²) in [6.45, 7) is 9.07. The van der Waals surface area contributed by atoms with Crippen molar-refractivity contribution in [1.29, 1.82) is 0 Å². The monoisotopic (exact) mass is 303 g/mol. The van der Waals surface area contributed by atoms with Gasteiger partial charge in [-0.15, -0.1) is 0 Å². The first-order valence-corrected chi connectivity index (χ1v) is 9.27. The molecule has 2 aliphatic rings. The van der Waals surface area contributed by atoms with Crippen LogP contribution in [-0.2, 0) is 10.2 Å². The van der Waals surface area contributed by atoms with Crippen LogP contribution in [-0.4, -0.2) is 68.2 Å². The van der Waals surface area contributed by atoms with E-state index in [9.17, 15) is 8.42 Å². The Labute approximate surface area is 124 Å². The zero-order chi connectivity index (χ0) is 14.8. The van der Waals surface area contributed by atoms with Gasteiger partial charge in [-0.2, -0.15) is 17.0 Å². The van der Waals surface area contributed by atoms with Gasteiger partial charge in [0.15, 0.2) is 0 Å². The van der Waals surface area contributed by atoms with Gasteiger partial charge in [0.2, 0.25) is 0 Å². The zero-order valence-corrected chi connectivity index (χ0v) is 13.9. The fourth-order valence-corrected chi connectivity index (χ4v) is 5.11. The largest absolute Gasteiger partial charge is 0.306 e. The molecule has 20 heavy (non-hydrogen) atoms. The Morgan fingerprint density at radius 2 is 1.85 bits per heavy atom. The molecule has 0 N–H and O–H groups in total. The Hall–Kier alpha value is -0.170. The maximum Gasteiger partial charge on any atom is 0.281 e. The van der Waals surface area contributed by atoms with Crippen molar-refractivity contribution < 1.29 is 8.42 Å². The van der Waals surface area contributed by atoms with E-state index in [1.165, 1.54) is 0 Å². The summed E-state index contributed by atoms with van der Waals surface area (Å²) in [5.74, 6) is 0.972. The lowest BCUT2D eigenvalue weighted by molar-refractivity contribution is 0.258. The summed E-state index contributed by atoms with van der Waals surface area (Å²) < 4.78 is 28.8. The van der Waals surface area contributed by atoms with Gasteiger partial charge in [0.25, 0.3) is 10.2 Å². The minimum atomic E-state index is -3.22. The molecule has 0 aromatic rings. The first kappa shape index (κ1) is 16.2. The van der Waals surface area contributed by atoms with Crippen LogP contribution in [0.1, 0.15) is 33.1 Å². The topological polar surface area (TPSA) is 43.9 Å². The highest BCUT2D eigenvalue weighted by Gasteiger charge is 2.37. The molecule has 2 rings (SSSR count). The third-order valence-electron chi connectivity index (χ3n) is 4.63. The van der Waals surface area contributed by atoms with Crippen molar-refractivity contribution in [3.63, 3.8) is 0 Å². The van der Waals surface area contributed by atoms with Gasteiger partial charge in [0, 0.05) is 32.7 Å². The van der Waals surface area contributed by atoms with E-state index in [4.69, 9.17) is 0 Å². The van der Waals surface area contributed by atoms with Crippen LogP contribution in [0.5, 0.6) is 0 Å². The molecular formula is C14H29N3O2S. The number of piperidine rings is 1. The second kappa shape index (κ2) is 6.73. The summed E-state index contributed by atoms with van der Waals surface area (Å²) in [6, 6.07) is 0. The normalized spacial score (nSPS) is 30.2. The van der Waals surface area contributed by atoms with E-state index in [1.807, 2.05) is 0 Å². The average Bonchev–Trinajstić information content (AvgIpc) is 2.87. The second-order valence-electron chi connectivity index (χ2n) is 6.48. The molecular weight excluding hydrogens is 274 g/mol. The Kier molecular flexibility index (Phi) is 5.45. The molecule has 0 aliphatic carbocycles. The smallest absolute Gasteiger partial charge is 0.281 e. The summed E-state index contributed by atoms with van der Waals surface area (Å²) in [5, 5.41) is 0. The minimum Gasteiger partial charge on any atom is -0.306 e. The van der Waals surface area contributed by atoms with Crippen molar-refractivity contribution in [2.75, 3.05) is 46.3 Å². The summed E-state index contributed by atoms with van der Waals surface area (Å²) in [5.41, 5.74) is 0. The molecule has 2 aliphatic heterocycles. The quantitative estimate of drug-likeness (QED) is 0.767. The van der Waals surface area contributed by atoms with Crippen LogP contribution >= 0.6 is 0 Å².